The van der Waals surface area contributed by atoms with Crippen LogP contribution in [0.2, 0.25) is 0 Å². The van der Waals surface area contributed by atoms with Gasteiger partial charge in [-0.3, -0.25) is 14.1 Å². The van der Waals surface area contributed by atoms with E-state index in [1.165, 1.54) is 12.1 Å². The molecule has 0 aliphatic heterocycles. The number of benzene rings is 4. The Morgan fingerprint density at radius 1 is 0.714 bits per heavy atom. The summed E-state index contributed by atoms with van der Waals surface area (Å²) in [5.41, 5.74) is 14.3. The van der Waals surface area contributed by atoms with Gasteiger partial charge in [-0.25, -0.2) is 0 Å². The summed E-state index contributed by atoms with van der Waals surface area (Å²) in [6.07, 6.45) is 0. The van der Waals surface area contributed by atoms with E-state index >= 15 is 0 Å². The van der Waals surface area contributed by atoms with Crippen molar-refractivity contribution < 1.29 is 22.6 Å². The minimum Gasteiger partial charge on any atom is -0.399 e. The maximum absolute atomic E-state index is 13.4. The Bertz CT molecular complexity index is 1630. The monoisotopic (exact) mass is 485 g/mol. The van der Waals surface area contributed by atoms with Gasteiger partial charge in [0.25, 0.3) is 10.1 Å². The molecule has 0 unspecified atom stereocenters. The fraction of sp³-hybridized carbons (Fsp3) is 0. The SMILES string of the molecule is Nc1ccc(-c2ccc(Nc3cc(S(=O)(=O)O)c(N)c4c3C(=O)c3ccccc3C4=O)cc2)cc1. The molecule has 1 aliphatic rings. The largest absolute Gasteiger partial charge is 0.399 e. The van der Waals surface area contributed by atoms with Crippen molar-refractivity contribution in [3.8, 4) is 11.1 Å². The molecule has 4 aromatic carbocycles. The molecule has 0 amide bonds. The van der Waals surface area contributed by atoms with Crippen molar-refractivity contribution in [3.05, 3.63) is 101 Å². The molecule has 0 aromatic heterocycles. The average molecular weight is 486 g/mol. The molecule has 0 heterocycles. The highest BCUT2D eigenvalue weighted by Gasteiger charge is 2.36. The van der Waals surface area contributed by atoms with Crippen LogP contribution in [-0.2, 0) is 10.1 Å². The third-order valence-corrected chi connectivity index (χ3v) is 6.78. The summed E-state index contributed by atoms with van der Waals surface area (Å²) >= 11 is 0. The first-order valence-electron chi connectivity index (χ1n) is 10.5. The fourth-order valence-corrected chi connectivity index (χ4v) is 4.83. The van der Waals surface area contributed by atoms with Crippen LogP contribution in [0.5, 0.6) is 0 Å². The van der Waals surface area contributed by atoms with E-state index in [-0.39, 0.29) is 27.9 Å². The van der Waals surface area contributed by atoms with Gasteiger partial charge in [0.1, 0.15) is 4.90 Å². The number of anilines is 4. The highest BCUT2D eigenvalue weighted by Crippen LogP contribution is 2.40. The van der Waals surface area contributed by atoms with Gasteiger partial charge >= 0.3 is 0 Å². The molecular formula is C26H19N3O5S. The zero-order valence-electron chi connectivity index (χ0n) is 18.1. The Morgan fingerprint density at radius 3 is 1.77 bits per heavy atom. The lowest BCUT2D eigenvalue weighted by Crippen LogP contribution is -2.25. The minimum absolute atomic E-state index is 0.0370. The molecule has 0 spiro atoms. The molecule has 35 heavy (non-hydrogen) atoms. The molecule has 6 N–H and O–H groups in total. The van der Waals surface area contributed by atoms with Gasteiger partial charge in [-0.15, -0.1) is 0 Å². The quantitative estimate of drug-likeness (QED) is 0.217. The molecule has 0 radical (unpaired) electrons. The van der Waals surface area contributed by atoms with E-state index in [9.17, 15) is 22.6 Å². The Balaban J connectivity index is 1.63. The number of ketones is 2. The van der Waals surface area contributed by atoms with E-state index in [1.807, 2.05) is 24.3 Å². The van der Waals surface area contributed by atoms with Crippen LogP contribution in [0.4, 0.5) is 22.7 Å². The number of fused-ring (bicyclic) bond motifs is 2. The molecule has 9 heteroatoms. The summed E-state index contributed by atoms with van der Waals surface area (Å²) in [4.78, 5) is 26.0. The average Bonchev–Trinajstić information content (AvgIpc) is 2.83. The molecule has 5 rings (SSSR count). The number of nitrogen functional groups attached to an aromatic ring is 2. The van der Waals surface area contributed by atoms with Crippen molar-refractivity contribution in [1.29, 1.82) is 0 Å². The molecule has 1 aliphatic carbocycles. The minimum atomic E-state index is -4.79. The predicted molar refractivity (Wildman–Crippen MR) is 134 cm³/mol. The van der Waals surface area contributed by atoms with Crippen molar-refractivity contribution >= 4 is 44.4 Å². The third kappa shape index (κ3) is 3.82. The number of hydrogen-bond donors (Lipinski definition) is 4. The van der Waals surface area contributed by atoms with Gasteiger partial charge in [0, 0.05) is 22.5 Å². The fourth-order valence-electron chi connectivity index (χ4n) is 4.18. The van der Waals surface area contributed by atoms with Crippen LogP contribution in [0.15, 0.2) is 83.8 Å². The maximum atomic E-state index is 13.4. The second kappa shape index (κ2) is 8.08. The van der Waals surface area contributed by atoms with Crippen LogP contribution >= 0.6 is 0 Å². The highest BCUT2D eigenvalue weighted by atomic mass is 32.2. The summed E-state index contributed by atoms with van der Waals surface area (Å²) in [5.74, 6) is -1.08. The first-order chi connectivity index (χ1) is 16.6. The Kier molecular flexibility index (Phi) is 5.16. The summed E-state index contributed by atoms with van der Waals surface area (Å²) in [7, 11) is -4.79. The lowest BCUT2D eigenvalue weighted by atomic mass is 9.82. The van der Waals surface area contributed by atoms with Gasteiger partial charge in [-0.05, 0) is 41.5 Å². The second-order valence-corrected chi connectivity index (χ2v) is 9.48. The zero-order chi connectivity index (χ0) is 24.9. The highest BCUT2D eigenvalue weighted by molar-refractivity contribution is 7.86. The second-order valence-electron chi connectivity index (χ2n) is 8.09. The van der Waals surface area contributed by atoms with Crippen molar-refractivity contribution in [2.75, 3.05) is 16.8 Å². The van der Waals surface area contributed by atoms with Crippen LogP contribution in [-0.4, -0.2) is 24.5 Å². The molecule has 0 saturated heterocycles. The first kappa shape index (κ1) is 22.3. The lowest BCUT2D eigenvalue weighted by Gasteiger charge is -2.23. The van der Waals surface area contributed by atoms with Crippen LogP contribution in [0.25, 0.3) is 11.1 Å². The van der Waals surface area contributed by atoms with Crippen LogP contribution in [0.1, 0.15) is 31.8 Å². The van der Waals surface area contributed by atoms with E-state index in [2.05, 4.69) is 5.32 Å². The van der Waals surface area contributed by atoms with E-state index in [4.69, 9.17) is 11.5 Å². The van der Waals surface area contributed by atoms with Gasteiger partial charge in [0.05, 0.1) is 22.5 Å². The molecule has 174 valence electrons. The van der Waals surface area contributed by atoms with Crippen molar-refractivity contribution in [3.63, 3.8) is 0 Å². The molecule has 4 aromatic rings. The smallest absolute Gasteiger partial charge is 0.296 e. The number of nitrogens with one attached hydrogen (secondary N) is 1. The molecule has 0 atom stereocenters. The Morgan fingerprint density at radius 2 is 1.23 bits per heavy atom. The van der Waals surface area contributed by atoms with Gasteiger partial charge in [0.2, 0.25) is 0 Å². The normalized spacial score (nSPS) is 12.7. The molecular weight excluding hydrogens is 466 g/mol. The van der Waals surface area contributed by atoms with Gasteiger partial charge in [-0.1, -0.05) is 48.5 Å². The van der Waals surface area contributed by atoms with Crippen molar-refractivity contribution in [2.45, 2.75) is 4.90 Å². The lowest BCUT2D eigenvalue weighted by molar-refractivity contribution is 0.0980. The first-order valence-corrected chi connectivity index (χ1v) is 11.9. The predicted octanol–water partition coefficient (Wildman–Crippen LogP) is 4.28. The summed E-state index contributed by atoms with van der Waals surface area (Å²) in [6.45, 7) is 0. The van der Waals surface area contributed by atoms with Crippen molar-refractivity contribution in [1.82, 2.24) is 0 Å². The number of rotatable bonds is 4. The standard InChI is InChI=1S/C26H19N3O5S/c27-16-9-5-14(6-10-16)15-7-11-17(12-8-15)29-20-13-21(35(32,33)34)24(28)23-22(20)25(30)18-3-1-2-4-19(18)26(23)31/h1-13,29H,27-28H2,(H,32,33,34). The number of nitrogens with two attached hydrogens (primary N) is 2. The summed E-state index contributed by atoms with van der Waals surface area (Å²) in [5, 5.41) is 3.02. The van der Waals surface area contributed by atoms with E-state index in [0.29, 0.717) is 11.4 Å². The maximum Gasteiger partial charge on any atom is 0.296 e. The Hall–Kier alpha value is -4.47. The van der Waals surface area contributed by atoms with Crippen molar-refractivity contribution in [2.24, 2.45) is 0 Å². The van der Waals surface area contributed by atoms with E-state index in [0.717, 1.165) is 17.2 Å². The Labute approximate surface area is 201 Å². The number of carbonyl (C=O) groups excluding carboxylic acids is 2. The van der Waals surface area contributed by atoms with E-state index < -0.39 is 32.3 Å². The van der Waals surface area contributed by atoms with Crippen LogP contribution in [0.3, 0.4) is 0 Å². The summed E-state index contributed by atoms with van der Waals surface area (Å²) < 4.78 is 33.8. The third-order valence-electron chi connectivity index (χ3n) is 5.89. The zero-order valence-corrected chi connectivity index (χ0v) is 19.0. The van der Waals surface area contributed by atoms with Crippen LogP contribution in [0, 0.1) is 0 Å². The van der Waals surface area contributed by atoms with Crippen LogP contribution < -0.4 is 16.8 Å². The van der Waals surface area contributed by atoms with Gasteiger partial charge in [-0.2, -0.15) is 8.42 Å². The molecule has 0 bridgehead atoms. The van der Waals surface area contributed by atoms with E-state index in [1.54, 1.807) is 36.4 Å². The van der Waals surface area contributed by atoms with Gasteiger partial charge in [0.15, 0.2) is 11.6 Å². The molecule has 0 saturated carbocycles. The molecule has 8 nitrogen and oxygen atoms in total. The summed E-state index contributed by atoms with van der Waals surface area (Å²) in [6, 6.07) is 21.8. The van der Waals surface area contributed by atoms with Gasteiger partial charge < -0.3 is 16.8 Å². The molecule has 0 fully saturated rings. The number of carbonyl (C=O) groups is 2. The topological polar surface area (TPSA) is 153 Å². The number of hydrogen-bond acceptors (Lipinski definition) is 7.